The van der Waals surface area contributed by atoms with Crippen molar-refractivity contribution in [3.8, 4) is 5.75 Å². The molecule has 0 N–H and O–H groups in total. The Hall–Kier alpha value is -1.64. The van der Waals surface area contributed by atoms with Gasteiger partial charge in [-0.3, -0.25) is 9.79 Å². The van der Waals surface area contributed by atoms with Crippen LogP contribution in [0.1, 0.15) is 24.5 Å². The average molecular weight is 215 g/mol. The van der Waals surface area contributed by atoms with Crippen LogP contribution in [0.5, 0.6) is 5.75 Å². The molecule has 82 valence electrons. The summed E-state index contributed by atoms with van der Waals surface area (Å²) >= 11 is 0. The standard InChI is InChI=1S/C13H13NO2/c1-8-7-14-12-5-10-4-11(15)3-2-9(10)6-13(12)16-8/h5-8H,2-4H2,1H3. The number of benzene rings is 1. The summed E-state index contributed by atoms with van der Waals surface area (Å²) < 4.78 is 5.69. The summed E-state index contributed by atoms with van der Waals surface area (Å²) in [7, 11) is 0. The van der Waals surface area contributed by atoms with E-state index in [2.05, 4.69) is 4.99 Å². The number of carbonyl (C=O) groups is 1. The lowest BCUT2D eigenvalue weighted by atomic mass is 9.90. The van der Waals surface area contributed by atoms with E-state index in [1.807, 2.05) is 19.1 Å². The molecule has 2 aliphatic rings. The molecule has 0 radical (unpaired) electrons. The van der Waals surface area contributed by atoms with Gasteiger partial charge >= 0.3 is 0 Å². The van der Waals surface area contributed by atoms with E-state index in [1.54, 1.807) is 6.21 Å². The maximum atomic E-state index is 11.4. The Balaban J connectivity index is 2.07. The molecule has 3 heteroatoms. The fourth-order valence-corrected chi connectivity index (χ4v) is 2.24. The molecule has 0 amide bonds. The summed E-state index contributed by atoms with van der Waals surface area (Å²) in [6.45, 7) is 1.97. The van der Waals surface area contributed by atoms with Crippen molar-refractivity contribution in [1.29, 1.82) is 0 Å². The van der Waals surface area contributed by atoms with E-state index >= 15 is 0 Å². The number of Topliss-reactive ketones (excluding diaryl/α,β-unsaturated/α-hetero) is 1. The highest BCUT2D eigenvalue weighted by Gasteiger charge is 2.20. The maximum absolute atomic E-state index is 11.4. The van der Waals surface area contributed by atoms with Gasteiger partial charge in [0.2, 0.25) is 0 Å². The van der Waals surface area contributed by atoms with Crippen molar-refractivity contribution in [2.75, 3.05) is 0 Å². The molecule has 0 bridgehead atoms. The van der Waals surface area contributed by atoms with E-state index in [4.69, 9.17) is 4.74 Å². The Morgan fingerprint density at radius 3 is 3.06 bits per heavy atom. The zero-order valence-electron chi connectivity index (χ0n) is 9.19. The number of nitrogens with zero attached hydrogens (tertiary/aromatic N) is 1. The Morgan fingerprint density at radius 1 is 1.31 bits per heavy atom. The van der Waals surface area contributed by atoms with Crippen LogP contribution < -0.4 is 4.74 Å². The summed E-state index contributed by atoms with van der Waals surface area (Å²) in [5.74, 6) is 1.17. The minimum absolute atomic E-state index is 0.0378. The molecule has 0 saturated heterocycles. The molecule has 0 aromatic heterocycles. The quantitative estimate of drug-likeness (QED) is 0.665. The largest absolute Gasteiger partial charge is 0.483 e. The molecule has 1 aromatic carbocycles. The molecule has 1 unspecified atom stereocenters. The van der Waals surface area contributed by atoms with Crippen molar-refractivity contribution in [3.63, 3.8) is 0 Å². The minimum Gasteiger partial charge on any atom is -0.483 e. The van der Waals surface area contributed by atoms with Gasteiger partial charge in [-0.2, -0.15) is 0 Å². The summed E-state index contributed by atoms with van der Waals surface area (Å²) in [4.78, 5) is 15.7. The van der Waals surface area contributed by atoms with E-state index in [9.17, 15) is 4.79 Å². The SMILES string of the molecule is CC1C=Nc2cc3c(cc2O1)CCC(=O)C3. The van der Waals surface area contributed by atoms with Crippen molar-refractivity contribution in [2.45, 2.75) is 32.3 Å². The van der Waals surface area contributed by atoms with Crippen LogP contribution in [0.25, 0.3) is 0 Å². The van der Waals surface area contributed by atoms with E-state index in [1.165, 1.54) is 5.56 Å². The van der Waals surface area contributed by atoms with Crippen molar-refractivity contribution >= 4 is 17.7 Å². The predicted molar refractivity (Wildman–Crippen MR) is 61.7 cm³/mol. The van der Waals surface area contributed by atoms with Gasteiger partial charge in [0.05, 0.1) is 0 Å². The van der Waals surface area contributed by atoms with Crippen LogP contribution in [0.4, 0.5) is 5.69 Å². The van der Waals surface area contributed by atoms with Crippen LogP contribution in [-0.2, 0) is 17.6 Å². The molecule has 16 heavy (non-hydrogen) atoms. The lowest BCUT2D eigenvalue weighted by Gasteiger charge is -2.22. The van der Waals surface area contributed by atoms with Crippen LogP contribution in [0.3, 0.4) is 0 Å². The third-order valence-corrected chi connectivity index (χ3v) is 3.08. The molecule has 1 aromatic rings. The van der Waals surface area contributed by atoms with Crippen LogP contribution in [0.2, 0.25) is 0 Å². The fraction of sp³-hybridized carbons (Fsp3) is 0.385. The molecule has 0 saturated carbocycles. The highest BCUT2D eigenvalue weighted by Crippen LogP contribution is 2.36. The number of rotatable bonds is 0. The minimum atomic E-state index is 0.0378. The molecule has 1 heterocycles. The monoisotopic (exact) mass is 215 g/mol. The van der Waals surface area contributed by atoms with Gasteiger partial charge in [-0.25, -0.2) is 0 Å². The Kier molecular flexibility index (Phi) is 2.06. The molecule has 0 fully saturated rings. The van der Waals surface area contributed by atoms with Gasteiger partial charge in [0, 0.05) is 19.1 Å². The zero-order valence-corrected chi connectivity index (χ0v) is 9.19. The van der Waals surface area contributed by atoms with Crippen LogP contribution in [0.15, 0.2) is 17.1 Å². The number of fused-ring (bicyclic) bond motifs is 2. The van der Waals surface area contributed by atoms with Gasteiger partial charge in [-0.1, -0.05) is 0 Å². The second-order valence-corrected chi connectivity index (χ2v) is 4.41. The highest BCUT2D eigenvalue weighted by molar-refractivity contribution is 5.84. The third kappa shape index (κ3) is 1.52. The predicted octanol–water partition coefficient (Wildman–Crippen LogP) is 2.23. The molecular weight excluding hydrogens is 202 g/mol. The number of carbonyl (C=O) groups excluding carboxylic acids is 1. The van der Waals surface area contributed by atoms with E-state index in [0.717, 1.165) is 23.4 Å². The van der Waals surface area contributed by atoms with Crippen molar-refractivity contribution in [1.82, 2.24) is 0 Å². The van der Waals surface area contributed by atoms with Crippen LogP contribution >= 0.6 is 0 Å². The van der Waals surface area contributed by atoms with Crippen molar-refractivity contribution < 1.29 is 9.53 Å². The van der Waals surface area contributed by atoms with Crippen molar-refractivity contribution in [2.24, 2.45) is 4.99 Å². The number of hydrogen-bond acceptors (Lipinski definition) is 3. The first kappa shape index (κ1) is 9.58. The smallest absolute Gasteiger partial charge is 0.146 e. The van der Waals surface area contributed by atoms with Crippen LogP contribution in [0, 0.1) is 0 Å². The molecule has 3 rings (SSSR count). The molecule has 1 atom stereocenters. The first-order valence-electron chi connectivity index (χ1n) is 5.61. The Morgan fingerprint density at radius 2 is 2.19 bits per heavy atom. The van der Waals surface area contributed by atoms with E-state index < -0.39 is 0 Å². The third-order valence-electron chi connectivity index (χ3n) is 3.08. The molecule has 0 spiro atoms. The van der Waals surface area contributed by atoms with Crippen LogP contribution in [-0.4, -0.2) is 18.1 Å². The van der Waals surface area contributed by atoms with E-state index in [0.29, 0.717) is 18.6 Å². The summed E-state index contributed by atoms with van der Waals surface area (Å²) in [5, 5.41) is 0. The molecular formula is C13H13NO2. The van der Waals surface area contributed by atoms with E-state index in [-0.39, 0.29) is 6.10 Å². The normalized spacial score (nSPS) is 22.3. The second-order valence-electron chi connectivity index (χ2n) is 4.41. The zero-order chi connectivity index (χ0) is 11.1. The number of ketones is 1. The summed E-state index contributed by atoms with van der Waals surface area (Å²) in [5.41, 5.74) is 3.21. The van der Waals surface area contributed by atoms with Crippen molar-refractivity contribution in [3.05, 3.63) is 23.3 Å². The molecule has 1 aliphatic carbocycles. The fourth-order valence-electron chi connectivity index (χ4n) is 2.24. The molecule has 1 aliphatic heterocycles. The Bertz CT molecular complexity index is 491. The van der Waals surface area contributed by atoms with Gasteiger partial charge in [-0.05, 0) is 36.6 Å². The lowest BCUT2D eigenvalue weighted by Crippen LogP contribution is -2.18. The Labute approximate surface area is 94.1 Å². The number of ether oxygens (including phenoxy) is 1. The number of aliphatic imine (C=N–C) groups is 1. The van der Waals surface area contributed by atoms with Gasteiger partial charge in [0.1, 0.15) is 23.3 Å². The lowest BCUT2D eigenvalue weighted by molar-refractivity contribution is -0.118. The number of aryl methyl sites for hydroxylation is 1. The molecule has 3 nitrogen and oxygen atoms in total. The summed E-state index contributed by atoms with van der Waals surface area (Å²) in [6.07, 6.45) is 3.87. The first-order valence-corrected chi connectivity index (χ1v) is 5.61. The second kappa shape index (κ2) is 3.44. The first-order chi connectivity index (χ1) is 7.72. The average Bonchev–Trinajstić information content (AvgIpc) is 2.26. The van der Waals surface area contributed by atoms with Gasteiger partial charge in [0.25, 0.3) is 0 Å². The topological polar surface area (TPSA) is 38.7 Å². The number of hydrogen-bond donors (Lipinski definition) is 0. The van der Waals surface area contributed by atoms with Gasteiger partial charge < -0.3 is 4.74 Å². The van der Waals surface area contributed by atoms with Gasteiger partial charge in [0.15, 0.2) is 0 Å². The highest BCUT2D eigenvalue weighted by atomic mass is 16.5. The van der Waals surface area contributed by atoms with Gasteiger partial charge in [-0.15, -0.1) is 0 Å². The maximum Gasteiger partial charge on any atom is 0.146 e. The summed E-state index contributed by atoms with van der Waals surface area (Å²) in [6, 6.07) is 4.04.